The van der Waals surface area contributed by atoms with Crippen LogP contribution in [-0.2, 0) is 32.6 Å². The highest BCUT2D eigenvalue weighted by molar-refractivity contribution is 7.89. The van der Waals surface area contributed by atoms with Crippen LogP contribution < -0.4 is 15.4 Å². The van der Waals surface area contributed by atoms with Gasteiger partial charge in [0.2, 0.25) is 21.8 Å². The molecule has 0 spiro atoms. The lowest BCUT2D eigenvalue weighted by atomic mass is 9.84. The van der Waals surface area contributed by atoms with Gasteiger partial charge in [-0.3, -0.25) is 4.79 Å². The molecule has 0 bridgehead atoms. The summed E-state index contributed by atoms with van der Waals surface area (Å²) in [6.45, 7) is -0.535. The van der Waals surface area contributed by atoms with Gasteiger partial charge in [0.25, 0.3) is 0 Å². The fraction of sp³-hybridized carbons (Fsp3) is 0.211. The van der Waals surface area contributed by atoms with E-state index >= 15 is 0 Å². The number of alkyl carbamates (subject to hydrolysis) is 1. The number of hydrogen-bond donors (Lipinski definition) is 3. The van der Waals surface area contributed by atoms with Crippen LogP contribution in [0.5, 0.6) is 5.88 Å². The molecule has 0 saturated carbocycles. The Kier molecular flexibility index (Phi) is 12.1. The van der Waals surface area contributed by atoms with Crippen LogP contribution in [0.4, 0.5) is 4.79 Å². The van der Waals surface area contributed by atoms with Gasteiger partial charge in [-0.05, 0) is 53.1 Å². The Hall–Kier alpha value is -5.19. The maximum atomic E-state index is 14.4. The first-order valence-electron chi connectivity index (χ1n) is 16.5. The van der Waals surface area contributed by atoms with E-state index in [1.807, 2.05) is 60.7 Å². The highest BCUT2D eigenvalue weighted by atomic mass is 32.2. The van der Waals surface area contributed by atoms with Crippen molar-refractivity contribution in [3.8, 4) is 5.88 Å². The molecule has 0 fully saturated rings. The number of carbonyl (C=O) groups is 2. The minimum absolute atomic E-state index is 0.0370. The summed E-state index contributed by atoms with van der Waals surface area (Å²) in [7, 11) is -1.48. The fourth-order valence-electron chi connectivity index (χ4n) is 6.00. The van der Waals surface area contributed by atoms with Crippen LogP contribution in [0.15, 0.2) is 120 Å². The second-order valence-electron chi connectivity index (χ2n) is 11.9. The van der Waals surface area contributed by atoms with E-state index in [4.69, 9.17) is 9.47 Å². The quantitative estimate of drug-likeness (QED) is 0.116. The standard InChI is InChI=1S/C38H37N5O7S3/c1-49-34-19-25(17-18-39-34)22-43(53(47,48)29-14-16-32-30(20-29)41-24-51-32)31(23-44)33-15-13-28(52-33)21-40-37(45)36(42-38(46)50-2)35(26-9-5-3-6-10-26)27-11-7-4-8-12-27/h3-20,24,31,35-36,44H,21-23H2,1-2H3,(H,40,45)(H,42,46)/t31-,36-/m1/s1. The molecule has 6 rings (SSSR count). The van der Waals surface area contributed by atoms with Gasteiger partial charge in [-0.25, -0.2) is 23.2 Å². The fourth-order valence-corrected chi connectivity index (χ4v) is 9.38. The molecule has 2 amide bonds. The molecular weight excluding hydrogens is 735 g/mol. The Bertz CT molecular complexity index is 2230. The molecule has 3 aromatic heterocycles. The number of pyridine rings is 1. The monoisotopic (exact) mass is 771 g/mol. The van der Waals surface area contributed by atoms with Crippen molar-refractivity contribution in [3.63, 3.8) is 0 Å². The van der Waals surface area contributed by atoms with Gasteiger partial charge >= 0.3 is 6.09 Å². The third kappa shape index (κ3) is 8.72. The topological polar surface area (TPSA) is 160 Å². The van der Waals surface area contributed by atoms with Crippen molar-refractivity contribution in [2.75, 3.05) is 20.8 Å². The molecule has 12 nitrogen and oxygen atoms in total. The van der Waals surface area contributed by atoms with Gasteiger partial charge in [0, 0.05) is 34.5 Å². The van der Waals surface area contributed by atoms with Gasteiger partial charge in [-0.2, -0.15) is 4.31 Å². The van der Waals surface area contributed by atoms with E-state index < -0.39 is 46.6 Å². The number of aliphatic hydroxyl groups is 1. The molecule has 2 atom stereocenters. The smallest absolute Gasteiger partial charge is 0.407 e. The Morgan fingerprint density at radius 1 is 0.906 bits per heavy atom. The number of aliphatic hydroxyl groups excluding tert-OH is 1. The number of thiazole rings is 1. The number of nitrogens with zero attached hydrogens (tertiary/aromatic N) is 3. The first kappa shape index (κ1) is 37.6. The number of thiophene rings is 1. The van der Waals surface area contributed by atoms with Crippen molar-refractivity contribution in [1.82, 2.24) is 24.9 Å². The molecule has 274 valence electrons. The molecule has 15 heteroatoms. The molecule has 0 aliphatic rings. The van der Waals surface area contributed by atoms with Crippen molar-refractivity contribution in [1.29, 1.82) is 0 Å². The molecule has 0 unspecified atom stereocenters. The maximum Gasteiger partial charge on any atom is 0.407 e. The number of rotatable bonds is 15. The number of benzene rings is 3. The third-order valence-electron chi connectivity index (χ3n) is 8.62. The first-order valence-corrected chi connectivity index (χ1v) is 19.6. The van der Waals surface area contributed by atoms with Crippen LogP contribution in [-0.4, -0.2) is 66.7 Å². The molecule has 6 aromatic rings. The van der Waals surface area contributed by atoms with E-state index in [2.05, 4.69) is 20.6 Å². The van der Waals surface area contributed by atoms with E-state index in [0.717, 1.165) is 15.8 Å². The Labute approximate surface area is 315 Å². The van der Waals surface area contributed by atoms with Gasteiger partial charge < -0.3 is 25.2 Å². The molecular formula is C38H37N5O7S3. The molecule has 3 heterocycles. The molecule has 0 saturated heterocycles. The van der Waals surface area contributed by atoms with Gasteiger partial charge in [0.05, 0.1) is 54.0 Å². The van der Waals surface area contributed by atoms with Crippen molar-refractivity contribution >= 4 is 54.9 Å². The van der Waals surface area contributed by atoms with E-state index in [9.17, 15) is 23.1 Å². The number of carbonyl (C=O) groups excluding carboxylic acids is 2. The number of aromatic nitrogens is 2. The van der Waals surface area contributed by atoms with Gasteiger partial charge in [-0.1, -0.05) is 60.7 Å². The average molecular weight is 772 g/mol. The Morgan fingerprint density at radius 2 is 1.62 bits per heavy atom. The average Bonchev–Trinajstić information content (AvgIpc) is 3.87. The van der Waals surface area contributed by atoms with Crippen LogP contribution >= 0.6 is 22.7 Å². The van der Waals surface area contributed by atoms with Crippen LogP contribution in [0.25, 0.3) is 10.2 Å². The largest absolute Gasteiger partial charge is 0.481 e. The summed E-state index contributed by atoms with van der Waals surface area (Å²) in [4.78, 5) is 36.2. The molecule has 3 N–H and O–H groups in total. The van der Waals surface area contributed by atoms with Crippen LogP contribution in [0.1, 0.15) is 38.4 Å². The third-order valence-corrected chi connectivity index (χ3v) is 12.5. The van der Waals surface area contributed by atoms with Gasteiger partial charge in [0.15, 0.2) is 0 Å². The van der Waals surface area contributed by atoms with E-state index in [0.29, 0.717) is 26.7 Å². The lowest BCUT2D eigenvalue weighted by Gasteiger charge is -2.29. The maximum absolute atomic E-state index is 14.4. The van der Waals surface area contributed by atoms with Crippen molar-refractivity contribution in [3.05, 3.63) is 141 Å². The summed E-state index contributed by atoms with van der Waals surface area (Å²) < 4.78 is 41.0. The van der Waals surface area contributed by atoms with E-state index in [1.165, 1.54) is 59.5 Å². The summed E-state index contributed by atoms with van der Waals surface area (Å²) in [6, 6.07) is 28.5. The normalized spacial score (nSPS) is 12.8. The highest BCUT2D eigenvalue weighted by Crippen LogP contribution is 2.35. The number of hydrogen-bond acceptors (Lipinski definition) is 11. The Balaban J connectivity index is 1.28. The lowest BCUT2D eigenvalue weighted by molar-refractivity contribution is -0.123. The van der Waals surface area contributed by atoms with Crippen molar-refractivity contribution in [2.45, 2.75) is 36.0 Å². The molecule has 3 aromatic carbocycles. The number of methoxy groups -OCH3 is 2. The van der Waals surface area contributed by atoms with Gasteiger partial charge in [-0.15, -0.1) is 22.7 Å². The van der Waals surface area contributed by atoms with Crippen LogP contribution in [0.3, 0.4) is 0 Å². The lowest BCUT2D eigenvalue weighted by Crippen LogP contribution is -2.50. The van der Waals surface area contributed by atoms with Crippen molar-refractivity contribution < 1.29 is 32.6 Å². The number of sulfonamides is 1. The highest BCUT2D eigenvalue weighted by Gasteiger charge is 2.35. The van der Waals surface area contributed by atoms with E-state index in [-0.39, 0.29) is 18.0 Å². The van der Waals surface area contributed by atoms with Crippen LogP contribution in [0.2, 0.25) is 0 Å². The Morgan fingerprint density at radius 3 is 2.28 bits per heavy atom. The summed E-state index contributed by atoms with van der Waals surface area (Å²) in [5, 5.41) is 16.5. The molecule has 0 aliphatic carbocycles. The van der Waals surface area contributed by atoms with Gasteiger partial charge in [0.1, 0.15) is 6.04 Å². The summed E-state index contributed by atoms with van der Waals surface area (Å²) in [5.74, 6) is -0.668. The predicted octanol–water partition coefficient (Wildman–Crippen LogP) is 5.86. The zero-order valence-electron chi connectivity index (χ0n) is 28.8. The summed E-state index contributed by atoms with van der Waals surface area (Å²) in [5.41, 5.74) is 4.45. The number of fused-ring (bicyclic) bond motifs is 1. The SMILES string of the molecule is COC(=O)N[C@@H](C(=O)NCc1ccc([C@@H](CO)N(Cc2ccnc(OC)c2)S(=O)(=O)c2ccc3scnc3c2)s1)C(c1ccccc1)c1ccccc1. The second kappa shape index (κ2) is 17.1. The minimum Gasteiger partial charge on any atom is -0.481 e. The number of ether oxygens (including phenoxy) is 2. The van der Waals surface area contributed by atoms with Crippen LogP contribution in [0, 0.1) is 0 Å². The second-order valence-corrected chi connectivity index (χ2v) is 15.8. The first-order chi connectivity index (χ1) is 25.7. The zero-order chi connectivity index (χ0) is 37.4. The van der Waals surface area contributed by atoms with E-state index in [1.54, 1.807) is 35.8 Å². The summed E-state index contributed by atoms with van der Waals surface area (Å²) >= 11 is 2.67. The molecule has 0 aliphatic heterocycles. The minimum atomic E-state index is -4.19. The van der Waals surface area contributed by atoms with Crippen molar-refractivity contribution in [2.24, 2.45) is 0 Å². The number of amides is 2. The summed E-state index contributed by atoms with van der Waals surface area (Å²) in [6.07, 6.45) is 0.774. The number of nitrogens with one attached hydrogen (secondary N) is 2. The predicted molar refractivity (Wildman–Crippen MR) is 203 cm³/mol. The molecule has 53 heavy (non-hydrogen) atoms. The molecule has 0 radical (unpaired) electrons. The zero-order valence-corrected chi connectivity index (χ0v) is 31.2.